The van der Waals surface area contributed by atoms with Crippen molar-refractivity contribution < 1.29 is 31.0 Å². The maximum atomic E-state index is 11.0. The third-order valence-corrected chi connectivity index (χ3v) is 1.90. The van der Waals surface area contributed by atoms with Crippen LogP contribution in [0.3, 0.4) is 0 Å². The van der Waals surface area contributed by atoms with Gasteiger partial charge in [0.2, 0.25) is 0 Å². The van der Waals surface area contributed by atoms with Gasteiger partial charge in [0, 0.05) is 0 Å². The van der Waals surface area contributed by atoms with Crippen LogP contribution in [0.15, 0.2) is 0 Å². The maximum absolute atomic E-state index is 11.0. The molecule has 13 heavy (non-hydrogen) atoms. The van der Waals surface area contributed by atoms with Gasteiger partial charge in [0.15, 0.2) is 6.10 Å². The molecule has 0 saturated carbocycles. The molecule has 1 fully saturated rings. The van der Waals surface area contributed by atoms with E-state index in [1.165, 1.54) is 0 Å². The summed E-state index contributed by atoms with van der Waals surface area (Å²) in [6, 6.07) is 0. The molecule has 0 bridgehead atoms. The zero-order valence-corrected chi connectivity index (χ0v) is 7.01. The summed E-state index contributed by atoms with van der Waals surface area (Å²) in [5.41, 5.74) is -2.14. The van der Waals surface area contributed by atoms with E-state index in [9.17, 15) is 15.0 Å². The quantitative estimate of drug-likeness (QED) is 0.425. The fraction of sp³-hybridized carbons (Fsp3) is 0.857. The number of methoxy groups -OCH3 is 1. The Hall–Kier alpha value is -0.690. The highest BCUT2D eigenvalue weighted by Gasteiger charge is 2.51. The second-order valence-electron chi connectivity index (χ2n) is 2.79. The molecule has 3 N–H and O–H groups in total. The molecule has 4 atom stereocenters. The molecular formula is C7H12O6. The highest BCUT2D eigenvalue weighted by molar-refractivity contribution is 5.76. The lowest BCUT2D eigenvalue weighted by Crippen LogP contribution is -2.48. The number of aliphatic hydroxyl groups is 3. The summed E-state index contributed by atoms with van der Waals surface area (Å²) in [7, 11) is 1.09. The third kappa shape index (κ3) is 1.66. The minimum atomic E-state index is -2.14. The Morgan fingerprint density at radius 3 is 2.92 bits per heavy atom. The number of hydrogen-bond donors (Lipinski definition) is 3. The molecule has 0 spiro atoms. The standard InChI is InChI=1S/C7H12O6/c1-12-6(10)4-5(9)7(11,2-8)3-13-4/h4-5,8-9,11H,2-3H2,1H3/t4-,5+,7+/m1/s1/i3D/t3?,4-,5+,7+. The Balaban J connectivity index is 2.84. The molecule has 0 aromatic rings. The molecule has 0 radical (unpaired) electrons. The van der Waals surface area contributed by atoms with E-state index in [2.05, 4.69) is 9.47 Å². The van der Waals surface area contributed by atoms with Crippen LogP contribution < -0.4 is 0 Å². The fourth-order valence-corrected chi connectivity index (χ4v) is 1.03. The van der Waals surface area contributed by atoms with Gasteiger partial charge in [-0.1, -0.05) is 0 Å². The Morgan fingerprint density at radius 1 is 1.92 bits per heavy atom. The Morgan fingerprint density at radius 2 is 2.54 bits per heavy atom. The average molecular weight is 193 g/mol. The lowest BCUT2D eigenvalue weighted by molar-refractivity contribution is -0.156. The highest BCUT2D eigenvalue weighted by atomic mass is 16.6. The van der Waals surface area contributed by atoms with Crippen LogP contribution >= 0.6 is 0 Å². The van der Waals surface area contributed by atoms with E-state index in [0.29, 0.717) is 0 Å². The molecule has 0 aromatic heterocycles. The molecule has 0 amide bonds. The van der Waals surface area contributed by atoms with Crippen LogP contribution in [0.25, 0.3) is 0 Å². The number of hydrogen-bond acceptors (Lipinski definition) is 6. The first-order valence-electron chi connectivity index (χ1n) is 4.22. The third-order valence-electron chi connectivity index (χ3n) is 1.90. The van der Waals surface area contributed by atoms with Crippen LogP contribution in [0, 0.1) is 0 Å². The lowest BCUT2D eigenvalue weighted by atomic mass is 9.98. The molecule has 1 heterocycles. The number of esters is 1. The van der Waals surface area contributed by atoms with Gasteiger partial charge in [0.1, 0.15) is 11.7 Å². The first-order valence-corrected chi connectivity index (χ1v) is 3.64. The lowest BCUT2D eigenvalue weighted by Gasteiger charge is -2.22. The number of ether oxygens (including phenoxy) is 2. The zero-order chi connectivity index (χ0) is 10.9. The molecule has 1 saturated heterocycles. The molecule has 76 valence electrons. The van der Waals surface area contributed by atoms with Crippen molar-refractivity contribution in [1.82, 2.24) is 0 Å². The van der Waals surface area contributed by atoms with E-state index in [0.717, 1.165) is 7.11 Å². The van der Waals surface area contributed by atoms with E-state index in [1.807, 2.05) is 0 Å². The van der Waals surface area contributed by atoms with Gasteiger partial charge in [-0.15, -0.1) is 0 Å². The second kappa shape index (κ2) is 3.59. The van der Waals surface area contributed by atoms with Crippen LogP contribution in [-0.4, -0.2) is 59.4 Å². The summed E-state index contributed by atoms with van der Waals surface area (Å²) in [5, 5.41) is 27.7. The van der Waals surface area contributed by atoms with Crippen LogP contribution in [0.5, 0.6) is 0 Å². The summed E-state index contributed by atoms with van der Waals surface area (Å²) in [6.45, 7) is -2.44. The van der Waals surface area contributed by atoms with Gasteiger partial charge in [-0.25, -0.2) is 4.79 Å². The number of aliphatic hydroxyl groups excluding tert-OH is 2. The second-order valence-corrected chi connectivity index (χ2v) is 2.79. The fourth-order valence-electron chi connectivity index (χ4n) is 1.03. The smallest absolute Gasteiger partial charge is 0.337 e. The summed E-state index contributed by atoms with van der Waals surface area (Å²) in [4.78, 5) is 11.0. The first-order chi connectivity index (χ1) is 6.47. The van der Waals surface area contributed by atoms with Crippen LogP contribution in [0.4, 0.5) is 0 Å². The molecule has 1 rings (SSSR count). The molecule has 0 aliphatic carbocycles. The van der Waals surface area contributed by atoms with Crippen molar-refractivity contribution in [3.63, 3.8) is 0 Å². The molecule has 6 heteroatoms. The predicted octanol–water partition coefficient (Wildman–Crippen LogP) is -2.36. The largest absolute Gasteiger partial charge is 0.467 e. The highest BCUT2D eigenvalue weighted by Crippen LogP contribution is 2.24. The molecule has 0 aromatic carbocycles. The topological polar surface area (TPSA) is 96.2 Å². The van der Waals surface area contributed by atoms with Crippen molar-refractivity contribution in [2.75, 3.05) is 20.3 Å². The van der Waals surface area contributed by atoms with Crippen molar-refractivity contribution in [3.8, 4) is 0 Å². The van der Waals surface area contributed by atoms with Gasteiger partial charge < -0.3 is 24.8 Å². The Kier molecular flexibility index (Phi) is 2.45. The summed E-state index contributed by atoms with van der Waals surface area (Å²) < 4.78 is 16.2. The van der Waals surface area contributed by atoms with Crippen LogP contribution in [0.1, 0.15) is 1.37 Å². The Bertz CT molecular complexity index is 234. The number of carbonyl (C=O) groups excluding carboxylic acids is 1. The number of carbonyl (C=O) groups is 1. The monoisotopic (exact) mass is 193 g/mol. The van der Waals surface area contributed by atoms with Gasteiger partial charge >= 0.3 is 5.97 Å². The normalized spacial score (nSPS) is 45.8. The summed E-state index contributed by atoms with van der Waals surface area (Å²) in [6.07, 6.45) is -3.10. The van der Waals surface area contributed by atoms with Crippen molar-refractivity contribution in [2.24, 2.45) is 0 Å². The SMILES string of the molecule is [2H]C1O[C@@H](C(=O)OC)[C@H](O)[C@]1(O)CO. The minimum Gasteiger partial charge on any atom is -0.467 e. The molecule has 6 nitrogen and oxygen atoms in total. The molecule has 1 aliphatic rings. The molecule has 1 unspecified atom stereocenters. The first kappa shape index (κ1) is 8.89. The van der Waals surface area contributed by atoms with Gasteiger partial charge in [-0.3, -0.25) is 0 Å². The van der Waals surface area contributed by atoms with Gasteiger partial charge in [-0.05, 0) is 0 Å². The molecule has 1 aliphatic heterocycles. The number of rotatable bonds is 2. The van der Waals surface area contributed by atoms with Gasteiger partial charge in [-0.2, -0.15) is 0 Å². The predicted molar refractivity (Wildman–Crippen MR) is 39.8 cm³/mol. The zero-order valence-electron chi connectivity index (χ0n) is 8.01. The van der Waals surface area contributed by atoms with E-state index < -0.39 is 37.0 Å². The van der Waals surface area contributed by atoms with E-state index in [4.69, 9.17) is 6.48 Å². The van der Waals surface area contributed by atoms with Crippen LogP contribution in [-0.2, 0) is 14.3 Å². The van der Waals surface area contributed by atoms with Crippen molar-refractivity contribution in [2.45, 2.75) is 17.8 Å². The summed E-state index contributed by atoms with van der Waals surface area (Å²) in [5.74, 6) is -0.890. The minimum absolute atomic E-state index is 0.865. The van der Waals surface area contributed by atoms with Crippen molar-refractivity contribution in [1.29, 1.82) is 0 Å². The van der Waals surface area contributed by atoms with Crippen molar-refractivity contribution in [3.05, 3.63) is 0 Å². The van der Waals surface area contributed by atoms with E-state index in [-0.39, 0.29) is 0 Å². The Labute approximate surface area is 76.1 Å². The van der Waals surface area contributed by atoms with Gasteiger partial charge in [0.05, 0.1) is 21.7 Å². The maximum Gasteiger partial charge on any atom is 0.337 e. The van der Waals surface area contributed by atoms with Gasteiger partial charge in [0.25, 0.3) is 0 Å². The van der Waals surface area contributed by atoms with Crippen molar-refractivity contribution >= 4 is 5.97 Å². The average Bonchev–Trinajstić information content (AvgIpc) is 2.42. The van der Waals surface area contributed by atoms with E-state index in [1.54, 1.807) is 0 Å². The summed E-state index contributed by atoms with van der Waals surface area (Å²) >= 11 is 0. The molecular weight excluding hydrogens is 180 g/mol. The van der Waals surface area contributed by atoms with E-state index >= 15 is 0 Å². The van der Waals surface area contributed by atoms with Crippen LogP contribution in [0.2, 0.25) is 0 Å².